The average molecular weight is 747 g/mol. The van der Waals surface area contributed by atoms with E-state index in [1.807, 2.05) is 0 Å². The maximum Gasteiger partial charge on any atom is 0.407 e. The number of carbonyl (C=O) groups is 3. The van der Waals surface area contributed by atoms with E-state index >= 15 is 0 Å². The van der Waals surface area contributed by atoms with Crippen molar-refractivity contribution in [3.8, 4) is 23.0 Å². The lowest BCUT2D eigenvalue weighted by atomic mass is 9.66. The molecule has 2 aromatic carbocycles. The number of likely N-dealkylation sites (N-methyl/N-ethyl adjacent to an activating group) is 2. The Kier molecular flexibility index (Phi) is 9.94. The van der Waals surface area contributed by atoms with Crippen molar-refractivity contribution in [3.05, 3.63) is 46.5 Å². The van der Waals surface area contributed by atoms with Gasteiger partial charge in [0.2, 0.25) is 6.79 Å². The van der Waals surface area contributed by atoms with Crippen LogP contribution < -0.4 is 18.9 Å². The number of methoxy groups -OCH3 is 2. The highest BCUT2D eigenvalue weighted by Crippen LogP contribution is 2.57. The fourth-order valence-corrected chi connectivity index (χ4v) is 7.99. The number of carbonyl (C=O) groups excluding carboxylic acids is 1. The summed E-state index contributed by atoms with van der Waals surface area (Å²) < 4.78 is 52.7. The number of hydrogen-bond donors (Lipinski definition) is 4. The zero-order valence-electron chi connectivity index (χ0n) is 29.6. The van der Waals surface area contributed by atoms with Crippen LogP contribution in [0.3, 0.4) is 0 Å². The van der Waals surface area contributed by atoms with Crippen molar-refractivity contribution in [2.24, 2.45) is 11.8 Å². The summed E-state index contributed by atoms with van der Waals surface area (Å²) in [4.78, 5) is 39.7. The molecular weight excluding hydrogens is 704 g/mol. The number of benzene rings is 2. The van der Waals surface area contributed by atoms with Gasteiger partial charge in [0, 0.05) is 32.5 Å². The number of hydrogen-bond acceptors (Lipinski definition) is 14. The number of nitrogens with zero attached hydrogens (tertiary/aromatic N) is 2. The molecule has 7 rings (SSSR count). The molecule has 4 N–H and O–H groups in total. The molecule has 0 saturated carbocycles. The second-order valence-corrected chi connectivity index (χ2v) is 13.6. The largest absolute Gasteiger partial charge is 0.496 e. The predicted octanol–water partition coefficient (Wildman–Crippen LogP) is 1.89. The second kappa shape index (κ2) is 14.3. The number of ether oxygens (including phenoxy) is 9. The molecule has 0 aromatic heterocycles. The summed E-state index contributed by atoms with van der Waals surface area (Å²) in [5, 5.41) is 41.8. The summed E-state index contributed by atoms with van der Waals surface area (Å²) in [5.41, 5.74) is 2.00. The minimum Gasteiger partial charge on any atom is -0.496 e. The van der Waals surface area contributed by atoms with Crippen molar-refractivity contribution in [3.63, 3.8) is 0 Å². The third-order valence-corrected chi connectivity index (χ3v) is 10.7. The lowest BCUT2D eigenvalue weighted by Crippen LogP contribution is -2.63. The number of esters is 1. The SMILES string of the molecule is COc1cc([C@@H]2c3cc4c(cc3C(OC3O[C@@H]5CO[C@@H](C)O[C@H]5[C@H](O)[C@H]3O)[C@H]3COC(=O)[C@H]23)OCO4)cc(OC)c1C(CN(C)C(=O)O)N(C)C(=O)O. The zero-order valence-corrected chi connectivity index (χ0v) is 29.6. The van der Waals surface area contributed by atoms with Gasteiger partial charge in [-0.2, -0.15) is 0 Å². The molecule has 4 aliphatic heterocycles. The van der Waals surface area contributed by atoms with E-state index in [9.17, 15) is 34.8 Å². The summed E-state index contributed by atoms with van der Waals surface area (Å²) in [5.74, 6) is -1.49. The molecule has 11 atom stereocenters. The van der Waals surface area contributed by atoms with Gasteiger partial charge in [-0.05, 0) is 47.9 Å². The number of carboxylic acid groups (broad SMARTS) is 2. The van der Waals surface area contributed by atoms with Gasteiger partial charge in [0.05, 0.1) is 51.1 Å². The Bertz CT molecular complexity index is 1730. The molecule has 3 unspecified atom stereocenters. The summed E-state index contributed by atoms with van der Waals surface area (Å²) in [6.45, 7) is 1.44. The lowest BCUT2D eigenvalue weighted by Gasteiger charge is -2.47. The van der Waals surface area contributed by atoms with Gasteiger partial charge in [-0.1, -0.05) is 0 Å². The Balaban J connectivity index is 1.33. The summed E-state index contributed by atoms with van der Waals surface area (Å²) in [6.07, 6.45) is -9.86. The van der Waals surface area contributed by atoms with Crippen LogP contribution in [0.25, 0.3) is 0 Å². The highest BCUT2D eigenvalue weighted by atomic mass is 16.8. The molecule has 3 saturated heterocycles. The Hall–Kier alpha value is -4.59. The Labute approximate surface area is 303 Å². The minimum atomic E-state index is -1.51. The standard InChI is InChI=1S/C35H42N2O16/c1-14-47-12-24-31(51-14)28(38)29(39)33(52-24)53-30-17-9-21-20(49-13-50-21)8-16(17)25(26-18(30)11-48-32(26)40)15-6-22(45-4)27(23(7-15)46-5)19(37(3)35(43)44)10-36(2)34(41)42/h6-9,14,18-19,24-26,28-31,33,38-39H,10-13H2,1-5H3,(H,41,42)(H,43,44)/t14-,18+,19?,24-,25-,26+,28-,29-,30?,31-,33?/m1/s1. The molecule has 288 valence electrons. The van der Waals surface area contributed by atoms with E-state index in [1.165, 1.54) is 28.3 Å². The first-order chi connectivity index (χ1) is 25.3. The van der Waals surface area contributed by atoms with Crippen LogP contribution in [-0.4, -0.2) is 140 Å². The number of amides is 2. The molecular formula is C35H42N2O16. The van der Waals surface area contributed by atoms with E-state index in [0.717, 1.165) is 9.80 Å². The second-order valence-electron chi connectivity index (χ2n) is 13.6. The summed E-state index contributed by atoms with van der Waals surface area (Å²) >= 11 is 0. The van der Waals surface area contributed by atoms with Crippen LogP contribution in [0, 0.1) is 11.8 Å². The monoisotopic (exact) mass is 746 g/mol. The van der Waals surface area contributed by atoms with Crippen LogP contribution in [0.15, 0.2) is 24.3 Å². The molecule has 5 aliphatic rings. The van der Waals surface area contributed by atoms with Crippen molar-refractivity contribution in [1.29, 1.82) is 0 Å². The van der Waals surface area contributed by atoms with Crippen LogP contribution in [0.4, 0.5) is 9.59 Å². The molecule has 2 amide bonds. The first kappa shape index (κ1) is 36.8. The number of aliphatic hydroxyl groups excluding tert-OH is 2. The molecule has 2 aromatic rings. The molecule has 4 heterocycles. The Morgan fingerprint density at radius 2 is 1.57 bits per heavy atom. The van der Waals surface area contributed by atoms with Gasteiger partial charge in [-0.3, -0.25) is 4.79 Å². The maximum atomic E-state index is 13.8. The van der Waals surface area contributed by atoms with Crippen LogP contribution >= 0.6 is 0 Å². The Morgan fingerprint density at radius 1 is 0.906 bits per heavy atom. The van der Waals surface area contributed by atoms with E-state index in [0.29, 0.717) is 28.2 Å². The van der Waals surface area contributed by atoms with Crippen LogP contribution in [-0.2, 0) is 28.5 Å². The van der Waals surface area contributed by atoms with Crippen LogP contribution in [0.1, 0.15) is 47.2 Å². The molecule has 18 heteroatoms. The number of aliphatic hydroxyl groups is 2. The summed E-state index contributed by atoms with van der Waals surface area (Å²) in [6, 6.07) is 5.78. The first-order valence-electron chi connectivity index (χ1n) is 17.0. The topological polar surface area (TPSA) is 222 Å². The fraction of sp³-hybridized carbons (Fsp3) is 0.571. The Morgan fingerprint density at radius 3 is 2.19 bits per heavy atom. The molecule has 1 aliphatic carbocycles. The highest BCUT2D eigenvalue weighted by Gasteiger charge is 2.56. The quantitative estimate of drug-likeness (QED) is 0.269. The molecule has 0 radical (unpaired) electrons. The predicted molar refractivity (Wildman–Crippen MR) is 176 cm³/mol. The molecule has 18 nitrogen and oxygen atoms in total. The molecule has 53 heavy (non-hydrogen) atoms. The van der Waals surface area contributed by atoms with Gasteiger partial charge in [0.15, 0.2) is 24.1 Å². The van der Waals surface area contributed by atoms with Crippen molar-refractivity contribution in [2.75, 3.05) is 54.9 Å². The first-order valence-corrected chi connectivity index (χ1v) is 17.0. The zero-order chi connectivity index (χ0) is 37.9. The molecule has 3 fully saturated rings. The molecule has 0 spiro atoms. The van der Waals surface area contributed by atoms with Crippen molar-refractivity contribution < 1.29 is 77.4 Å². The van der Waals surface area contributed by atoms with E-state index in [1.54, 1.807) is 31.2 Å². The third kappa shape index (κ3) is 6.42. The highest BCUT2D eigenvalue weighted by molar-refractivity contribution is 5.79. The average Bonchev–Trinajstić information content (AvgIpc) is 3.77. The fourth-order valence-electron chi connectivity index (χ4n) is 7.99. The van der Waals surface area contributed by atoms with E-state index in [2.05, 4.69) is 0 Å². The van der Waals surface area contributed by atoms with Crippen molar-refractivity contribution >= 4 is 18.2 Å². The number of fused-ring (bicyclic) bond motifs is 4. The van der Waals surface area contributed by atoms with E-state index in [-0.39, 0.29) is 43.6 Å². The van der Waals surface area contributed by atoms with Crippen molar-refractivity contribution in [1.82, 2.24) is 9.80 Å². The maximum absolute atomic E-state index is 13.8. The number of cyclic esters (lactones) is 1. The van der Waals surface area contributed by atoms with Crippen LogP contribution in [0.2, 0.25) is 0 Å². The van der Waals surface area contributed by atoms with Gasteiger partial charge in [0.25, 0.3) is 0 Å². The van der Waals surface area contributed by atoms with Gasteiger partial charge in [-0.15, -0.1) is 0 Å². The van der Waals surface area contributed by atoms with E-state index in [4.69, 9.17) is 42.6 Å². The smallest absolute Gasteiger partial charge is 0.407 e. The van der Waals surface area contributed by atoms with Crippen molar-refractivity contribution in [2.45, 2.75) is 62.0 Å². The lowest BCUT2D eigenvalue weighted by molar-refractivity contribution is -0.364. The summed E-state index contributed by atoms with van der Waals surface area (Å²) in [7, 11) is 5.42. The van der Waals surface area contributed by atoms with Gasteiger partial charge in [0.1, 0.15) is 35.9 Å². The molecule has 0 bridgehead atoms. The van der Waals surface area contributed by atoms with E-state index < -0.39 is 85.1 Å². The normalized spacial score (nSPS) is 31.7. The van der Waals surface area contributed by atoms with Gasteiger partial charge in [-0.25, -0.2) is 9.59 Å². The van der Waals surface area contributed by atoms with Crippen LogP contribution in [0.5, 0.6) is 23.0 Å². The minimum absolute atomic E-state index is 0.0406. The number of rotatable bonds is 9. The third-order valence-electron chi connectivity index (χ3n) is 10.7. The van der Waals surface area contributed by atoms with Gasteiger partial charge >= 0.3 is 18.2 Å². The van der Waals surface area contributed by atoms with Gasteiger partial charge < -0.3 is 72.9 Å².